The molecule has 0 bridgehead atoms. The van der Waals surface area contributed by atoms with E-state index in [1.54, 1.807) is 0 Å². The summed E-state index contributed by atoms with van der Waals surface area (Å²) in [6.07, 6.45) is 5.11. The normalized spacial score (nSPS) is 20.1. The highest BCUT2D eigenvalue weighted by Crippen LogP contribution is 2.43. The number of nitrogens with two attached hydrogens (primary N) is 1. The van der Waals surface area contributed by atoms with E-state index in [1.807, 2.05) is 0 Å². The summed E-state index contributed by atoms with van der Waals surface area (Å²) in [6, 6.07) is 15.7. The van der Waals surface area contributed by atoms with Crippen LogP contribution in [0.15, 0.2) is 42.5 Å². The minimum absolute atomic E-state index is 0.212. The van der Waals surface area contributed by atoms with Crippen molar-refractivity contribution >= 4 is 10.8 Å². The third kappa shape index (κ3) is 1.74. The second-order valence-electron chi connectivity index (χ2n) is 5.71. The van der Waals surface area contributed by atoms with Gasteiger partial charge in [-0.25, -0.2) is 0 Å². The first-order chi connectivity index (χ1) is 8.72. The van der Waals surface area contributed by atoms with E-state index in [-0.39, 0.29) is 11.5 Å². The molecule has 0 aliphatic heterocycles. The standard InChI is InChI=1S/C17H21N/c1-13(18)17(10-4-5-11-17)16-9-8-14-6-2-3-7-15(14)12-16/h2-3,6-9,12-13H,4-5,10-11,18H2,1H3. The molecule has 0 spiro atoms. The van der Waals surface area contributed by atoms with Crippen LogP contribution in [0.1, 0.15) is 38.2 Å². The molecule has 0 aromatic heterocycles. The van der Waals surface area contributed by atoms with Crippen LogP contribution in [-0.2, 0) is 5.41 Å². The number of fused-ring (bicyclic) bond motifs is 1. The average Bonchev–Trinajstić information content (AvgIpc) is 2.89. The van der Waals surface area contributed by atoms with Crippen molar-refractivity contribution in [2.75, 3.05) is 0 Å². The SMILES string of the molecule is CC(N)C1(c2ccc3ccccc3c2)CCCC1. The highest BCUT2D eigenvalue weighted by atomic mass is 14.7. The maximum Gasteiger partial charge on any atom is 0.0108 e. The van der Waals surface area contributed by atoms with Gasteiger partial charge in [0, 0.05) is 11.5 Å². The van der Waals surface area contributed by atoms with Gasteiger partial charge in [0.25, 0.3) is 0 Å². The zero-order valence-electron chi connectivity index (χ0n) is 11.0. The van der Waals surface area contributed by atoms with Gasteiger partial charge in [-0.15, -0.1) is 0 Å². The van der Waals surface area contributed by atoms with Gasteiger partial charge in [-0.2, -0.15) is 0 Å². The molecule has 18 heavy (non-hydrogen) atoms. The lowest BCUT2D eigenvalue weighted by molar-refractivity contribution is 0.369. The van der Waals surface area contributed by atoms with Crippen molar-refractivity contribution < 1.29 is 0 Å². The molecule has 1 nitrogen and oxygen atoms in total. The van der Waals surface area contributed by atoms with Gasteiger partial charge in [-0.3, -0.25) is 0 Å². The third-order valence-corrected chi connectivity index (χ3v) is 4.69. The van der Waals surface area contributed by atoms with Gasteiger partial charge >= 0.3 is 0 Å². The van der Waals surface area contributed by atoms with Gasteiger partial charge in [0.05, 0.1) is 0 Å². The predicted molar refractivity (Wildman–Crippen MR) is 77.7 cm³/mol. The molecule has 1 saturated carbocycles. The topological polar surface area (TPSA) is 26.0 Å². The van der Waals surface area contributed by atoms with Gasteiger partial charge in [-0.05, 0) is 36.1 Å². The van der Waals surface area contributed by atoms with Crippen molar-refractivity contribution in [1.29, 1.82) is 0 Å². The van der Waals surface area contributed by atoms with Crippen LogP contribution in [0.2, 0.25) is 0 Å². The fourth-order valence-corrected chi connectivity index (χ4v) is 3.51. The summed E-state index contributed by atoms with van der Waals surface area (Å²) >= 11 is 0. The average molecular weight is 239 g/mol. The zero-order chi connectivity index (χ0) is 12.6. The van der Waals surface area contributed by atoms with E-state index in [1.165, 1.54) is 42.0 Å². The zero-order valence-corrected chi connectivity index (χ0v) is 11.0. The van der Waals surface area contributed by atoms with Crippen LogP contribution in [0, 0.1) is 0 Å². The molecule has 1 atom stereocenters. The highest BCUT2D eigenvalue weighted by Gasteiger charge is 2.38. The second kappa shape index (κ2) is 4.40. The van der Waals surface area contributed by atoms with Gasteiger partial charge < -0.3 is 5.73 Å². The van der Waals surface area contributed by atoms with Gasteiger partial charge in [0.2, 0.25) is 0 Å². The van der Waals surface area contributed by atoms with Crippen LogP contribution >= 0.6 is 0 Å². The third-order valence-electron chi connectivity index (χ3n) is 4.69. The van der Waals surface area contributed by atoms with Crippen molar-refractivity contribution in [3.8, 4) is 0 Å². The fraction of sp³-hybridized carbons (Fsp3) is 0.412. The lowest BCUT2D eigenvalue weighted by atomic mass is 9.73. The van der Waals surface area contributed by atoms with Crippen molar-refractivity contribution in [3.05, 3.63) is 48.0 Å². The molecule has 2 aromatic rings. The molecule has 1 fully saturated rings. The monoisotopic (exact) mass is 239 g/mol. The van der Waals surface area contributed by atoms with Crippen LogP contribution in [-0.4, -0.2) is 6.04 Å². The van der Waals surface area contributed by atoms with Crippen LogP contribution in [0.3, 0.4) is 0 Å². The molecule has 2 aromatic carbocycles. The van der Waals surface area contributed by atoms with Crippen LogP contribution < -0.4 is 5.73 Å². The Kier molecular flexibility index (Phi) is 2.87. The van der Waals surface area contributed by atoms with Gasteiger partial charge in [-0.1, -0.05) is 55.3 Å². The molecular formula is C17H21N. The number of benzene rings is 2. The van der Waals surface area contributed by atoms with Crippen LogP contribution in [0.5, 0.6) is 0 Å². The van der Waals surface area contributed by atoms with E-state index < -0.39 is 0 Å². The maximum atomic E-state index is 6.31. The lowest BCUT2D eigenvalue weighted by Gasteiger charge is -2.34. The highest BCUT2D eigenvalue weighted by molar-refractivity contribution is 5.83. The van der Waals surface area contributed by atoms with Gasteiger partial charge in [0.1, 0.15) is 0 Å². The van der Waals surface area contributed by atoms with E-state index in [2.05, 4.69) is 49.4 Å². The first-order valence-electron chi connectivity index (χ1n) is 6.97. The maximum absolute atomic E-state index is 6.31. The molecule has 1 aliphatic rings. The molecule has 2 N–H and O–H groups in total. The van der Waals surface area contributed by atoms with Crippen molar-refractivity contribution in [3.63, 3.8) is 0 Å². The summed E-state index contributed by atoms with van der Waals surface area (Å²) in [7, 11) is 0. The molecule has 0 amide bonds. The molecule has 0 saturated heterocycles. The minimum Gasteiger partial charge on any atom is -0.327 e. The molecule has 0 heterocycles. The fourth-order valence-electron chi connectivity index (χ4n) is 3.51. The quantitative estimate of drug-likeness (QED) is 0.842. The van der Waals surface area contributed by atoms with E-state index in [4.69, 9.17) is 5.73 Å². The molecule has 94 valence electrons. The summed E-state index contributed by atoms with van der Waals surface area (Å²) in [6.45, 7) is 2.17. The summed E-state index contributed by atoms with van der Waals surface area (Å²) in [5.74, 6) is 0. The van der Waals surface area contributed by atoms with E-state index in [0.717, 1.165) is 0 Å². The van der Waals surface area contributed by atoms with Crippen molar-refractivity contribution in [1.82, 2.24) is 0 Å². The Labute approximate surface area is 109 Å². The largest absolute Gasteiger partial charge is 0.327 e. The van der Waals surface area contributed by atoms with Crippen molar-refractivity contribution in [2.45, 2.75) is 44.1 Å². The van der Waals surface area contributed by atoms with Crippen molar-refractivity contribution in [2.24, 2.45) is 5.73 Å². The number of hydrogen-bond acceptors (Lipinski definition) is 1. The first-order valence-corrected chi connectivity index (χ1v) is 6.97. The van der Waals surface area contributed by atoms with Gasteiger partial charge in [0.15, 0.2) is 0 Å². The predicted octanol–water partition coefficient (Wildman–Crippen LogP) is 4.00. The Balaban J connectivity index is 2.12. The summed E-state index contributed by atoms with van der Waals surface area (Å²) in [5, 5.41) is 2.65. The molecule has 1 heteroatoms. The lowest BCUT2D eigenvalue weighted by Crippen LogP contribution is -2.41. The number of rotatable bonds is 2. The molecule has 0 radical (unpaired) electrons. The Bertz CT molecular complexity index is 550. The Morgan fingerprint density at radius 2 is 1.67 bits per heavy atom. The Morgan fingerprint density at radius 3 is 2.33 bits per heavy atom. The molecular weight excluding hydrogens is 218 g/mol. The van der Waals surface area contributed by atoms with Crippen LogP contribution in [0.4, 0.5) is 0 Å². The van der Waals surface area contributed by atoms with E-state index in [0.29, 0.717) is 0 Å². The second-order valence-corrected chi connectivity index (χ2v) is 5.71. The molecule has 3 rings (SSSR count). The summed E-state index contributed by atoms with van der Waals surface area (Å²) < 4.78 is 0. The molecule has 1 unspecified atom stereocenters. The van der Waals surface area contributed by atoms with E-state index >= 15 is 0 Å². The van der Waals surface area contributed by atoms with E-state index in [9.17, 15) is 0 Å². The minimum atomic E-state index is 0.212. The summed E-state index contributed by atoms with van der Waals surface area (Å²) in [5.41, 5.74) is 7.96. The summed E-state index contributed by atoms with van der Waals surface area (Å²) in [4.78, 5) is 0. The Morgan fingerprint density at radius 1 is 1.00 bits per heavy atom. The van der Waals surface area contributed by atoms with Crippen LogP contribution in [0.25, 0.3) is 10.8 Å². The Hall–Kier alpha value is -1.34. The smallest absolute Gasteiger partial charge is 0.0108 e. The first kappa shape index (κ1) is 11.7. The molecule has 1 aliphatic carbocycles. The number of hydrogen-bond donors (Lipinski definition) is 1.